The highest BCUT2D eigenvalue weighted by Crippen LogP contribution is 2.22. The molecule has 0 aliphatic heterocycles. The lowest BCUT2D eigenvalue weighted by molar-refractivity contribution is -0.114. The van der Waals surface area contributed by atoms with Gasteiger partial charge in [0.15, 0.2) is 0 Å². The van der Waals surface area contributed by atoms with Crippen molar-refractivity contribution in [3.05, 3.63) is 77.2 Å². The smallest absolute Gasteiger partial charge is 0.273 e. The number of nitrogens with one attached hydrogen (secondary N) is 3. The summed E-state index contributed by atoms with van der Waals surface area (Å²) in [5.74, 6) is -0.734. The van der Waals surface area contributed by atoms with Gasteiger partial charge in [0.05, 0.1) is 17.5 Å². The highest BCUT2D eigenvalue weighted by atomic mass is 32.2. The van der Waals surface area contributed by atoms with E-state index in [9.17, 15) is 18.0 Å². The van der Waals surface area contributed by atoms with Crippen LogP contribution in [0, 0.1) is 0 Å². The van der Waals surface area contributed by atoms with Crippen LogP contribution in [0.4, 0.5) is 11.4 Å². The van der Waals surface area contributed by atoms with Crippen molar-refractivity contribution < 1.29 is 18.0 Å². The largest absolute Gasteiger partial charge is 0.326 e. The lowest BCUT2D eigenvalue weighted by Gasteiger charge is -2.10. The monoisotopic (exact) mass is 442 g/mol. The number of carbonyl (C=O) groups excluding carboxylic acids is 2. The number of hydrogen-bond acceptors (Lipinski definition) is 6. The van der Waals surface area contributed by atoms with Crippen LogP contribution in [0.5, 0.6) is 0 Å². The molecule has 0 spiro atoms. The predicted octanol–water partition coefficient (Wildman–Crippen LogP) is 3.27. The average molecular weight is 443 g/mol. The molecule has 0 aliphatic rings. The number of benzene rings is 2. The van der Waals surface area contributed by atoms with Crippen molar-refractivity contribution >= 4 is 50.8 Å². The fraction of sp³-hybridized carbons (Fsp3) is 0.0500. The standard InChI is InChI=1S/C20H18N4O4S2/c1-14(25)22-16-10-8-15(9-11-16)13-21-23-20(26)17-5-2-3-6-18(17)24-30(27,28)19-7-4-12-29-19/h2-13,24H,1H3,(H,22,25)(H,23,26)/b21-13+. The number of sulfonamides is 1. The Morgan fingerprint density at radius 3 is 2.40 bits per heavy atom. The van der Waals surface area contributed by atoms with Crippen LogP contribution in [0.1, 0.15) is 22.8 Å². The average Bonchev–Trinajstić information content (AvgIpc) is 3.25. The van der Waals surface area contributed by atoms with Gasteiger partial charge in [-0.15, -0.1) is 11.3 Å². The lowest BCUT2D eigenvalue weighted by Crippen LogP contribution is -2.21. The molecule has 0 bridgehead atoms. The van der Waals surface area contributed by atoms with E-state index in [0.29, 0.717) is 11.3 Å². The number of para-hydroxylation sites is 1. The first-order chi connectivity index (χ1) is 14.3. The van der Waals surface area contributed by atoms with Crippen LogP contribution in [0.2, 0.25) is 0 Å². The summed E-state index contributed by atoms with van der Waals surface area (Å²) >= 11 is 1.08. The Bertz CT molecular complexity index is 1170. The van der Waals surface area contributed by atoms with E-state index in [2.05, 4.69) is 20.6 Å². The minimum absolute atomic E-state index is 0.135. The summed E-state index contributed by atoms with van der Waals surface area (Å²) in [4.78, 5) is 23.5. The first-order valence-corrected chi connectivity index (χ1v) is 11.1. The third kappa shape index (κ3) is 5.52. The van der Waals surface area contributed by atoms with Gasteiger partial charge in [-0.25, -0.2) is 13.8 Å². The summed E-state index contributed by atoms with van der Waals surface area (Å²) in [5, 5.41) is 8.22. The molecule has 30 heavy (non-hydrogen) atoms. The van der Waals surface area contributed by atoms with Gasteiger partial charge in [-0.1, -0.05) is 30.3 Å². The molecule has 8 nitrogen and oxygen atoms in total. The molecule has 1 heterocycles. The van der Waals surface area contributed by atoms with Crippen molar-refractivity contribution in [2.45, 2.75) is 11.1 Å². The molecule has 3 rings (SSSR count). The molecule has 0 unspecified atom stereocenters. The molecule has 0 saturated heterocycles. The first kappa shape index (κ1) is 21.2. The van der Waals surface area contributed by atoms with E-state index in [1.807, 2.05) is 0 Å². The van der Waals surface area contributed by atoms with E-state index < -0.39 is 15.9 Å². The zero-order valence-corrected chi connectivity index (χ0v) is 17.5. The number of hydrogen-bond donors (Lipinski definition) is 3. The van der Waals surface area contributed by atoms with Crippen LogP contribution in [0.15, 0.2) is 75.4 Å². The van der Waals surface area contributed by atoms with Crippen molar-refractivity contribution in [3.8, 4) is 0 Å². The molecule has 0 saturated carbocycles. The van der Waals surface area contributed by atoms with Crippen LogP contribution in [0.3, 0.4) is 0 Å². The molecule has 2 amide bonds. The molecule has 10 heteroatoms. The highest BCUT2D eigenvalue weighted by Gasteiger charge is 2.19. The maximum atomic E-state index is 12.5. The van der Waals surface area contributed by atoms with E-state index in [0.717, 1.165) is 11.3 Å². The molecule has 1 aromatic heterocycles. The molecule has 2 aromatic carbocycles. The van der Waals surface area contributed by atoms with Gasteiger partial charge in [0.2, 0.25) is 5.91 Å². The quantitative estimate of drug-likeness (QED) is 0.384. The number of carbonyl (C=O) groups is 2. The highest BCUT2D eigenvalue weighted by molar-refractivity contribution is 7.94. The number of hydrazone groups is 1. The van der Waals surface area contributed by atoms with E-state index >= 15 is 0 Å². The Hall–Kier alpha value is -3.50. The van der Waals surface area contributed by atoms with Crippen molar-refractivity contribution in [1.82, 2.24) is 5.43 Å². The van der Waals surface area contributed by atoms with Gasteiger partial charge in [0, 0.05) is 12.6 Å². The fourth-order valence-corrected chi connectivity index (χ4v) is 4.54. The molecule has 0 fully saturated rings. The summed E-state index contributed by atoms with van der Waals surface area (Å²) in [6, 6.07) is 16.2. The van der Waals surface area contributed by atoms with E-state index in [1.54, 1.807) is 47.8 Å². The summed E-state index contributed by atoms with van der Waals surface area (Å²) < 4.78 is 27.5. The van der Waals surface area contributed by atoms with Gasteiger partial charge in [-0.05, 0) is 41.3 Å². The van der Waals surface area contributed by atoms with E-state index in [-0.39, 0.29) is 21.4 Å². The minimum atomic E-state index is -3.78. The third-order valence-electron chi connectivity index (χ3n) is 3.79. The molecule has 3 N–H and O–H groups in total. The normalized spacial score (nSPS) is 11.2. The maximum absolute atomic E-state index is 12.5. The van der Waals surface area contributed by atoms with Crippen LogP contribution < -0.4 is 15.5 Å². The summed E-state index contributed by atoms with van der Waals surface area (Å²) in [5.41, 5.74) is 4.02. The topological polar surface area (TPSA) is 117 Å². The van der Waals surface area contributed by atoms with E-state index in [4.69, 9.17) is 0 Å². The molecule has 154 valence electrons. The molecule has 0 atom stereocenters. The van der Waals surface area contributed by atoms with Gasteiger partial charge < -0.3 is 5.32 Å². The number of amides is 2. The second kappa shape index (κ2) is 9.33. The first-order valence-electron chi connectivity index (χ1n) is 8.71. The Morgan fingerprint density at radius 1 is 1.00 bits per heavy atom. The zero-order chi connectivity index (χ0) is 21.6. The molecular weight excluding hydrogens is 424 g/mol. The van der Waals surface area contributed by atoms with Crippen LogP contribution in [-0.4, -0.2) is 26.4 Å². The van der Waals surface area contributed by atoms with Crippen molar-refractivity contribution in [2.24, 2.45) is 5.10 Å². The second-order valence-electron chi connectivity index (χ2n) is 6.09. The Kier molecular flexibility index (Phi) is 6.60. The van der Waals surface area contributed by atoms with Crippen molar-refractivity contribution in [2.75, 3.05) is 10.0 Å². The zero-order valence-electron chi connectivity index (χ0n) is 15.8. The number of anilines is 2. The molecular formula is C20H18N4O4S2. The number of nitrogens with zero attached hydrogens (tertiary/aromatic N) is 1. The molecule has 0 radical (unpaired) electrons. The van der Waals surface area contributed by atoms with Gasteiger partial charge in [0.25, 0.3) is 15.9 Å². The Labute approximate surface area is 177 Å². The second-order valence-corrected chi connectivity index (χ2v) is 8.94. The maximum Gasteiger partial charge on any atom is 0.273 e. The van der Waals surface area contributed by atoms with Gasteiger partial charge >= 0.3 is 0 Å². The predicted molar refractivity (Wildman–Crippen MR) is 117 cm³/mol. The summed E-state index contributed by atoms with van der Waals surface area (Å²) in [6.45, 7) is 1.42. The lowest BCUT2D eigenvalue weighted by atomic mass is 10.2. The SMILES string of the molecule is CC(=O)Nc1ccc(/C=N/NC(=O)c2ccccc2NS(=O)(=O)c2cccs2)cc1. The van der Waals surface area contributed by atoms with Crippen LogP contribution in [-0.2, 0) is 14.8 Å². The fourth-order valence-electron chi connectivity index (χ4n) is 2.46. The van der Waals surface area contributed by atoms with Gasteiger partial charge in [-0.2, -0.15) is 5.10 Å². The van der Waals surface area contributed by atoms with Gasteiger partial charge in [-0.3, -0.25) is 14.3 Å². The minimum Gasteiger partial charge on any atom is -0.326 e. The molecule has 3 aromatic rings. The molecule has 0 aliphatic carbocycles. The number of rotatable bonds is 7. The van der Waals surface area contributed by atoms with Crippen LogP contribution in [0.25, 0.3) is 0 Å². The summed E-state index contributed by atoms with van der Waals surface area (Å²) in [6.07, 6.45) is 1.44. The Balaban J connectivity index is 1.69. The summed E-state index contributed by atoms with van der Waals surface area (Å²) in [7, 11) is -3.78. The van der Waals surface area contributed by atoms with Gasteiger partial charge in [0.1, 0.15) is 4.21 Å². The van der Waals surface area contributed by atoms with Crippen molar-refractivity contribution in [3.63, 3.8) is 0 Å². The van der Waals surface area contributed by atoms with Crippen LogP contribution >= 0.6 is 11.3 Å². The number of thiophene rings is 1. The third-order valence-corrected chi connectivity index (χ3v) is 6.55. The van der Waals surface area contributed by atoms with Crippen molar-refractivity contribution in [1.29, 1.82) is 0 Å². The van der Waals surface area contributed by atoms with E-state index in [1.165, 1.54) is 31.3 Å². The Morgan fingerprint density at radius 2 is 1.73 bits per heavy atom.